The van der Waals surface area contributed by atoms with Crippen LogP contribution in [-0.4, -0.2) is 49.7 Å². The molecule has 25 heavy (non-hydrogen) atoms. The van der Waals surface area contributed by atoms with E-state index in [4.69, 9.17) is 0 Å². The van der Waals surface area contributed by atoms with E-state index < -0.39 is 11.7 Å². The summed E-state index contributed by atoms with van der Waals surface area (Å²) in [4.78, 5) is 2.32. The molecule has 3 rings (SSSR count). The van der Waals surface area contributed by atoms with Crippen molar-refractivity contribution in [2.45, 2.75) is 37.2 Å². The zero-order valence-corrected chi connectivity index (χ0v) is 14.7. The largest absolute Gasteiger partial charge is 0.416 e. The third-order valence-corrected chi connectivity index (χ3v) is 5.44. The summed E-state index contributed by atoms with van der Waals surface area (Å²) in [7, 11) is 0. The van der Waals surface area contributed by atoms with Crippen LogP contribution < -0.4 is 0 Å². The molecule has 136 valence electrons. The van der Waals surface area contributed by atoms with Gasteiger partial charge in [-0.1, -0.05) is 6.42 Å². The van der Waals surface area contributed by atoms with Crippen LogP contribution in [0.4, 0.5) is 13.2 Å². The van der Waals surface area contributed by atoms with E-state index in [-0.39, 0.29) is 0 Å². The van der Waals surface area contributed by atoms with Crippen LogP contribution in [0.1, 0.15) is 30.7 Å². The first-order chi connectivity index (χ1) is 12.0. The van der Waals surface area contributed by atoms with Crippen LogP contribution in [0, 0.1) is 0 Å². The van der Waals surface area contributed by atoms with E-state index in [1.807, 2.05) is 11.8 Å². The molecule has 1 aromatic carbocycles. The van der Waals surface area contributed by atoms with Crippen LogP contribution in [0.5, 0.6) is 0 Å². The molecule has 0 radical (unpaired) electrons. The number of thioether (sulfide) groups is 1. The number of hydrogen-bond acceptors (Lipinski definition) is 5. The lowest BCUT2D eigenvalue weighted by atomic mass is 10.2. The number of halogens is 3. The van der Waals surface area contributed by atoms with Crippen LogP contribution in [0.15, 0.2) is 24.3 Å². The van der Waals surface area contributed by atoms with Crippen LogP contribution in [0.25, 0.3) is 5.69 Å². The van der Waals surface area contributed by atoms with Crippen molar-refractivity contribution in [2.75, 3.05) is 19.3 Å². The molecule has 0 bridgehead atoms. The number of tetrazole rings is 1. The fraction of sp³-hybridized carbons (Fsp3) is 0.562. The van der Waals surface area contributed by atoms with Crippen LogP contribution in [0.3, 0.4) is 0 Å². The fourth-order valence-electron chi connectivity index (χ4n) is 3.01. The second kappa shape index (κ2) is 7.74. The van der Waals surface area contributed by atoms with Gasteiger partial charge in [0.15, 0.2) is 5.82 Å². The number of alkyl halides is 3. The van der Waals surface area contributed by atoms with Gasteiger partial charge in [0.25, 0.3) is 0 Å². The third kappa shape index (κ3) is 4.52. The van der Waals surface area contributed by atoms with E-state index in [0.29, 0.717) is 23.3 Å². The van der Waals surface area contributed by atoms with Gasteiger partial charge in [0.1, 0.15) is 0 Å². The zero-order valence-electron chi connectivity index (χ0n) is 13.9. The number of nitrogens with zero attached hydrogens (tertiary/aromatic N) is 5. The van der Waals surface area contributed by atoms with Crippen molar-refractivity contribution in [3.63, 3.8) is 0 Å². The van der Waals surface area contributed by atoms with Gasteiger partial charge in [-0.3, -0.25) is 4.90 Å². The third-order valence-electron chi connectivity index (χ3n) is 4.38. The Kier molecular flexibility index (Phi) is 5.63. The Morgan fingerprint density at radius 2 is 1.96 bits per heavy atom. The molecule has 9 heteroatoms. The maximum atomic E-state index is 12.7. The minimum atomic E-state index is -4.35. The highest BCUT2D eigenvalue weighted by atomic mass is 32.2. The lowest BCUT2D eigenvalue weighted by Crippen LogP contribution is -2.30. The molecule has 1 aliphatic heterocycles. The molecule has 0 unspecified atom stereocenters. The first-order valence-electron chi connectivity index (χ1n) is 8.17. The minimum absolute atomic E-state index is 0.532. The molecule has 0 N–H and O–H groups in total. The molecule has 0 aliphatic carbocycles. The summed E-state index contributed by atoms with van der Waals surface area (Å²) >= 11 is 1.87. The Morgan fingerprint density at radius 1 is 1.20 bits per heavy atom. The Labute approximate surface area is 148 Å². The van der Waals surface area contributed by atoms with E-state index in [2.05, 4.69) is 26.7 Å². The van der Waals surface area contributed by atoms with Gasteiger partial charge in [-0.05, 0) is 60.3 Å². The monoisotopic (exact) mass is 371 g/mol. The first kappa shape index (κ1) is 18.2. The molecule has 1 saturated heterocycles. The summed E-state index contributed by atoms with van der Waals surface area (Å²) in [5, 5.41) is 12.3. The SMILES string of the molecule is CS[C@@H]1CCCCN(Cc2nnnn2-c2ccc(C(F)(F)F)cc2)C1. The minimum Gasteiger partial charge on any atom is -0.295 e. The zero-order chi connectivity index (χ0) is 17.9. The van der Waals surface area contributed by atoms with Gasteiger partial charge in [-0.15, -0.1) is 5.10 Å². The van der Waals surface area contributed by atoms with Gasteiger partial charge in [0.05, 0.1) is 17.8 Å². The van der Waals surface area contributed by atoms with Crippen LogP contribution in [-0.2, 0) is 12.7 Å². The highest BCUT2D eigenvalue weighted by Gasteiger charge is 2.30. The molecular formula is C16H20F3N5S. The molecule has 5 nitrogen and oxygen atoms in total. The van der Waals surface area contributed by atoms with Gasteiger partial charge >= 0.3 is 6.18 Å². The fourth-order valence-corrected chi connectivity index (χ4v) is 3.77. The van der Waals surface area contributed by atoms with Crippen molar-refractivity contribution in [2.24, 2.45) is 0 Å². The molecule has 0 saturated carbocycles. The average Bonchev–Trinajstić information content (AvgIpc) is 2.92. The molecular weight excluding hydrogens is 351 g/mol. The summed E-state index contributed by atoms with van der Waals surface area (Å²) in [6.45, 7) is 2.54. The second-order valence-corrected chi connectivity index (χ2v) is 7.28. The van der Waals surface area contributed by atoms with Crippen LogP contribution >= 0.6 is 11.8 Å². The Bertz CT molecular complexity index is 686. The first-order valence-corrected chi connectivity index (χ1v) is 9.46. The molecule has 1 atom stereocenters. The van der Waals surface area contributed by atoms with Gasteiger partial charge in [0.2, 0.25) is 0 Å². The topological polar surface area (TPSA) is 46.8 Å². The summed E-state index contributed by atoms with van der Waals surface area (Å²) < 4.78 is 39.6. The number of benzene rings is 1. The van der Waals surface area contributed by atoms with Crippen molar-refractivity contribution in [3.05, 3.63) is 35.7 Å². The van der Waals surface area contributed by atoms with Gasteiger partial charge < -0.3 is 0 Å². The standard InChI is InChI=1S/C16H20F3N5S/c1-25-14-4-2-3-9-23(10-14)11-15-20-21-22-24(15)13-7-5-12(6-8-13)16(17,18)19/h5-8,14H,2-4,9-11H2,1H3/t14-/m1/s1. The maximum absolute atomic E-state index is 12.7. The van der Waals surface area contributed by atoms with Gasteiger partial charge in [0, 0.05) is 11.8 Å². The maximum Gasteiger partial charge on any atom is 0.416 e. The van der Waals surface area contributed by atoms with Crippen molar-refractivity contribution in [1.82, 2.24) is 25.1 Å². The number of likely N-dealkylation sites (tertiary alicyclic amines) is 1. The number of hydrogen-bond donors (Lipinski definition) is 0. The Morgan fingerprint density at radius 3 is 2.64 bits per heavy atom. The summed E-state index contributed by atoms with van der Waals surface area (Å²) in [5.41, 5.74) is -0.148. The smallest absolute Gasteiger partial charge is 0.295 e. The number of rotatable bonds is 4. The average molecular weight is 371 g/mol. The van der Waals surface area contributed by atoms with Crippen molar-refractivity contribution < 1.29 is 13.2 Å². The lowest BCUT2D eigenvalue weighted by molar-refractivity contribution is -0.137. The Balaban J connectivity index is 1.76. The highest BCUT2D eigenvalue weighted by Crippen LogP contribution is 2.29. The van der Waals surface area contributed by atoms with Crippen molar-refractivity contribution >= 4 is 11.8 Å². The molecule has 1 fully saturated rings. The van der Waals surface area contributed by atoms with E-state index >= 15 is 0 Å². The summed E-state index contributed by atoms with van der Waals surface area (Å²) in [5.74, 6) is 0.640. The summed E-state index contributed by atoms with van der Waals surface area (Å²) in [6, 6.07) is 4.90. The van der Waals surface area contributed by atoms with E-state index in [1.165, 1.54) is 29.7 Å². The van der Waals surface area contributed by atoms with Gasteiger partial charge in [-0.2, -0.15) is 29.6 Å². The predicted octanol–water partition coefficient (Wildman–Crippen LogP) is 3.40. The van der Waals surface area contributed by atoms with Crippen LogP contribution in [0.2, 0.25) is 0 Å². The van der Waals surface area contributed by atoms with Crippen molar-refractivity contribution in [3.8, 4) is 5.69 Å². The Hall–Kier alpha value is -1.61. The molecule has 1 aromatic heterocycles. The van der Waals surface area contributed by atoms with E-state index in [1.54, 1.807) is 0 Å². The second-order valence-electron chi connectivity index (χ2n) is 6.14. The molecule has 0 spiro atoms. The lowest BCUT2D eigenvalue weighted by Gasteiger charge is -2.22. The normalized spacial score (nSPS) is 19.8. The number of aromatic nitrogens is 4. The highest BCUT2D eigenvalue weighted by molar-refractivity contribution is 7.99. The molecule has 2 heterocycles. The predicted molar refractivity (Wildman–Crippen MR) is 90.6 cm³/mol. The molecule has 0 amide bonds. The van der Waals surface area contributed by atoms with Gasteiger partial charge in [-0.25, -0.2) is 0 Å². The van der Waals surface area contributed by atoms with E-state index in [9.17, 15) is 13.2 Å². The summed E-state index contributed by atoms with van der Waals surface area (Å²) in [6.07, 6.45) is 1.34. The molecule has 1 aliphatic rings. The van der Waals surface area contributed by atoms with E-state index in [0.717, 1.165) is 31.6 Å². The van der Waals surface area contributed by atoms with Crippen molar-refractivity contribution in [1.29, 1.82) is 0 Å². The quantitative estimate of drug-likeness (QED) is 0.824. The molecule has 2 aromatic rings.